The van der Waals surface area contributed by atoms with Crippen LogP contribution >= 0.6 is 0 Å². The van der Waals surface area contributed by atoms with Crippen molar-refractivity contribution in [3.8, 4) is 0 Å². The molecule has 0 spiro atoms. The van der Waals surface area contributed by atoms with Gasteiger partial charge in [0, 0.05) is 38.0 Å². The lowest BCUT2D eigenvalue weighted by Gasteiger charge is -2.18. The lowest BCUT2D eigenvalue weighted by molar-refractivity contribution is 0.205. The number of rotatable bonds is 4. The molecule has 1 aliphatic rings. The van der Waals surface area contributed by atoms with Crippen LogP contribution in [0.25, 0.3) is 0 Å². The standard InChI is InChI=1S/C12H21N3O/c1-9-11(7-15(2)14-9)6-13-12-5-3-4-10(12)8-16/h7,10,12-13,16H,3-6,8H2,1-2H3. The van der Waals surface area contributed by atoms with E-state index in [9.17, 15) is 5.11 Å². The van der Waals surface area contributed by atoms with Crippen LogP contribution in [0, 0.1) is 12.8 Å². The Balaban J connectivity index is 1.89. The molecule has 1 aromatic heterocycles. The Bertz CT molecular complexity index is 348. The van der Waals surface area contributed by atoms with Gasteiger partial charge in [0.25, 0.3) is 0 Å². The highest BCUT2D eigenvalue weighted by Gasteiger charge is 2.26. The molecule has 0 amide bonds. The van der Waals surface area contributed by atoms with Gasteiger partial charge in [0.15, 0.2) is 0 Å². The smallest absolute Gasteiger partial charge is 0.0638 e. The molecule has 1 saturated carbocycles. The number of aliphatic hydroxyl groups excluding tert-OH is 1. The molecule has 1 aliphatic carbocycles. The van der Waals surface area contributed by atoms with Crippen molar-refractivity contribution in [3.63, 3.8) is 0 Å². The van der Waals surface area contributed by atoms with Crippen molar-refractivity contribution in [2.24, 2.45) is 13.0 Å². The molecule has 1 aromatic rings. The number of nitrogens with zero attached hydrogens (tertiary/aromatic N) is 2. The maximum absolute atomic E-state index is 9.24. The van der Waals surface area contributed by atoms with Crippen molar-refractivity contribution in [1.82, 2.24) is 15.1 Å². The Morgan fingerprint density at radius 2 is 2.38 bits per heavy atom. The topological polar surface area (TPSA) is 50.1 Å². The third kappa shape index (κ3) is 2.44. The summed E-state index contributed by atoms with van der Waals surface area (Å²) in [5.74, 6) is 0.442. The summed E-state index contributed by atoms with van der Waals surface area (Å²) in [5, 5.41) is 17.1. The zero-order valence-electron chi connectivity index (χ0n) is 10.1. The minimum atomic E-state index is 0.309. The monoisotopic (exact) mass is 223 g/mol. The summed E-state index contributed by atoms with van der Waals surface area (Å²) < 4.78 is 1.85. The number of hydrogen-bond donors (Lipinski definition) is 2. The molecule has 16 heavy (non-hydrogen) atoms. The average Bonchev–Trinajstić information content (AvgIpc) is 2.81. The first-order chi connectivity index (χ1) is 7.70. The normalized spacial score (nSPS) is 25.2. The highest BCUT2D eigenvalue weighted by atomic mass is 16.3. The Kier molecular flexibility index (Phi) is 3.61. The predicted octanol–water partition coefficient (Wildman–Crippen LogP) is 0.979. The van der Waals surface area contributed by atoms with Crippen molar-refractivity contribution >= 4 is 0 Å². The fourth-order valence-electron chi connectivity index (χ4n) is 2.59. The molecule has 4 heteroatoms. The Morgan fingerprint density at radius 3 is 3.00 bits per heavy atom. The molecule has 2 atom stereocenters. The summed E-state index contributed by atoms with van der Waals surface area (Å²) in [7, 11) is 1.95. The predicted molar refractivity (Wildman–Crippen MR) is 63.0 cm³/mol. The Hall–Kier alpha value is -0.870. The fraction of sp³-hybridized carbons (Fsp3) is 0.750. The first kappa shape index (κ1) is 11.6. The van der Waals surface area contributed by atoms with Crippen LogP contribution in [0.2, 0.25) is 0 Å². The second-order valence-corrected chi connectivity index (χ2v) is 4.77. The summed E-state index contributed by atoms with van der Waals surface area (Å²) in [6.45, 7) is 3.21. The van der Waals surface area contributed by atoms with Crippen molar-refractivity contribution in [1.29, 1.82) is 0 Å². The zero-order valence-corrected chi connectivity index (χ0v) is 10.1. The fourth-order valence-corrected chi connectivity index (χ4v) is 2.59. The van der Waals surface area contributed by atoms with Crippen LogP contribution in [0.4, 0.5) is 0 Å². The summed E-state index contributed by atoms with van der Waals surface area (Å²) in [6, 6.07) is 0.476. The molecule has 90 valence electrons. The van der Waals surface area contributed by atoms with E-state index in [4.69, 9.17) is 0 Å². The second kappa shape index (κ2) is 4.97. The van der Waals surface area contributed by atoms with Gasteiger partial charge in [-0.05, 0) is 25.7 Å². The summed E-state index contributed by atoms with van der Waals surface area (Å²) in [4.78, 5) is 0. The van der Waals surface area contributed by atoms with Gasteiger partial charge < -0.3 is 10.4 Å². The van der Waals surface area contributed by atoms with E-state index in [0.29, 0.717) is 18.6 Å². The number of aryl methyl sites for hydroxylation is 2. The zero-order chi connectivity index (χ0) is 11.5. The molecule has 0 aliphatic heterocycles. The minimum Gasteiger partial charge on any atom is -0.396 e. The van der Waals surface area contributed by atoms with E-state index in [-0.39, 0.29) is 0 Å². The van der Waals surface area contributed by atoms with Crippen LogP contribution in [0.3, 0.4) is 0 Å². The van der Waals surface area contributed by atoms with Gasteiger partial charge in [-0.1, -0.05) is 6.42 Å². The molecular formula is C12H21N3O. The minimum absolute atomic E-state index is 0.309. The van der Waals surface area contributed by atoms with E-state index in [0.717, 1.165) is 18.7 Å². The number of aromatic nitrogens is 2. The molecule has 0 aromatic carbocycles. The largest absolute Gasteiger partial charge is 0.396 e. The van der Waals surface area contributed by atoms with Crippen LogP contribution in [0.15, 0.2) is 6.20 Å². The third-order valence-electron chi connectivity index (χ3n) is 3.56. The Morgan fingerprint density at radius 1 is 1.56 bits per heavy atom. The van der Waals surface area contributed by atoms with E-state index in [2.05, 4.69) is 16.6 Å². The first-order valence-corrected chi connectivity index (χ1v) is 6.04. The van der Waals surface area contributed by atoms with Gasteiger partial charge in [0.2, 0.25) is 0 Å². The number of hydrogen-bond acceptors (Lipinski definition) is 3. The third-order valence-corrected chi connectivity index (χ3v) is 3.56. The number of aliphatic hydroxyl groups is 1. The van der Waals surface area contributed by atoms with Crippen LogP contribution in [-0.4, -0.2) is 27.5 Å². The molecule has 1 heterocycles. The Labute approximate surface area is 96.7 Å². The molecule has 4 nitrogen and oxygen atoms in total. The molecule has 0 saturated heterocycles. The van der Waals surface area contributed by atoms with Gasteiger partial charge in [-0.2, -0.15) is 5.10 Å². The van der Waals surface area contributed by atoms with Gasteiger partial charge >= 0.3 is 0 Å². The molecule has 2 N–H and O–H groups in total. The van der Waals surface area contributed by atoms with Gasteiger partial charge in [-0.15, -0.1) is 0 Å². The van der Waals surface area contributed by atoms with Gasteiger partial charge in [0.1, 0.15) is 0 Å². The van der Waals surface area contributed by atoms with Crippen LogP contribution < -0.4 is 5.32 Å². The van der Waals surface area contributed by atoms with Crippen LogP contribution in [0.5, 0.6) is 0 Å². The average molecular weight is 223 g/mol. The SMILES string of the molecule is Cc1nn(C)cc1CNC1CCCC1CO. The van der Waals surface area contributed by atoms with E-state index in [1.54, 1.807) is 0 Å². The van der Waals surface area contributed by atoms with Gasteiger partial charge in [-0.3, -0.25) is 4.68 Å². The van der Waals surface area contributed by atoms with Crippen LogP contribution in [0.1, 0.15) is 30.5 Å². The van der Waals surface area contributed by atoms with E-state index >= 15 is 0 Å². The van der Waals surface area contributed by atoms with Crippen molar-refractivity contribution in [3.05, 3.63) is 17.5 Å². The van der Waals surface area contributed by atoms with Gasteiger partial charge in [-0.25, -0.2) is 0 Å². The molecule has 0 bridgehead atoms. The van der Waals surface area contributed by atoms with Crippen molar-refractivity contribution in [2.75, 3.05) is 6.61 Å². The summed E-state index contributed by atoms with van der Waals surface area (Å²) in [5.41, 5.74) is 2.35. The highest BCUT2D eigenvalue weighted by molar-refractivity contribution is 5.15. The maximum atomic E-state index is 9.24. The molecule has 1 fully saturated rings. The van der Waals surface area contributed by atoms with E-state index < -0.39 is 0 Å². The summed E-state index contributed by atoms with van der Waals surface area (Å²) >= 11 is 0. The molecule has 2 unspecified atom stereocenters. The second-order valence-electron chi connectivity index (χ2n) is 4.77. The van der Waals surface area contributed by atoms with Crippen LogP contribution in [-0.2, 0) is 13.6 Å². The van der Waals surface area contributed by atoms with Crippen molar-refractivity contribution in [2.45, 2.75) is 38.8 Å². The molecule has 0 radical (unpaired) electrons. The van der Waals surface area contributed by atoms with E-state index in [1.165, 1.54) is 18.4 Å². The maximum Gasteiger partial charge on any atom is 0.0638 e. The lowest BCUT2D eigenvalue weighted by Crippen LogP contribution is -2.33. The first-order valence-electron chi connectivity index (χ1n) is 6.04. The molecule has 2 rings (SSSR count). The number of nitrogens with one attached hydrogen (secondary N) is 1. The molecular weight excluding hydrogens is 202 g/mol. The lowest BCUT2D eigenvalue weighted by atomic mass is 10.0. The highest BCUT2D eigenvalue weighted by Crippen LogP contribution is 2.25. The van der Waals surface area contributed by atoms with E-state index in [1.807, 2.05) is 18.7 Å². The van der Waals surface area contributed by atoms with Gasteiger partial charge in [0.05, 0.1) is 5.69 Å². The summed E-state index contributed by atoms with van der Waals surface area (Å²) in [6.07, 6.45) is 5.63. The quantitative estimate of drug-likeness (QED) is 0.800. The van der Waals surface area contributed by atoms with Crippen molar-refractivity contribution < 1.29 is 5.11 Å².